The molecule has 0 radical (unpaired) electrons. The maximum atomic E-state index is 6.73. The summed E-state index contributed by atoms with van der Waals surface area (Å²) in [5.74, 6) is 2.57. The Labute approximate surface area is 138 Å². The molecular weight excluding hydrogens is 363 g/mol. The molecule has 2 aliphatic rings. The van der Waals surface area contributed by atoms with Gasteiger partial charge in [0.15, 0.2) is 0 Å². The summed E-state index contributed by atoms with van der Waals surface area (Å²) in [6, 6.07) is 2.04. The van der Waals surface area contributed by atoms with E-state index in [1.54, 1.807) is 11.3 Å². The lowest BCUT2D eigenvalue weighted by molar-refractivity contribution is 0.128. The second kappa shape index (κ2) is 6.25. The van der Waals surface area contributed by atoms with Gasteiger partial charge in [-0.3, -0.25) is 0 Å². The molecule has 0 amide bonds. The fraction of sp³-hybridized carbons (Fsp3) is 0.733. The second-order valence-corrected chi connectivity index (χ2v) is 9.33. The van der Waals surface area contributed by atoms with Crippen molar-refractivity contribution in [1.29, 1.82) is 0 Å². The van der Waals surface area contributed by atoms with Crippen LogP contribution in [0.3, 0.4) is 0 Å². The minimum Gasteiger partial charge on any atom is -0.130 e. The quantitative estimate of drug-likeness (QED) is 0.481. The van der Waals surface area contributed by atoms with Crippen molar-refractivity contribution in [2.24, 2.45) is 17.8 Å². The van der Waals surface area contributed by atoms with Gasteiger partial charge in [-0.1, -0.05) is 37.3 Å². The van der Waals surface area contributed by atoms with Gasteiger partial charge in [-0.2, -0.15) is 0 Å². The molecule has 2 saturated carbocycles. The summed E-state index contributed by atoms with van der Waals surface area (Å²) in [5, 5.41) is 0.952. The smallest absolute Gasteiger partial charge is 0.0887 e. The normalized spacial score (nSPS) is 32.9. The van der Waals surface area contributed by atoms with Gasteiger partial charge in [0.05, 0.1) is 14.2 Å². The molecule has 3 rings (SSSR count). The number of thiophene rings is 1. The van der Waals surface area contributed by atoms with E-state index in [1.807, 2.05) is 6.07 Å². The first-order chi connectivity index (χ1) is 9.15. The Morgan fingerprint density at radius 3 is 2.58 bits per heavy atom. The second-order valence-electron chi connectivity index (χ2n) is 6.05. The van der Waals surface area contributed by atoms with Gasteiger partial charge in [-0.05, 0) is 59.0 Å². The molecule has 0 saturated heterocycles. The molecule has 106 valence electrons. The highest BCUT2D eigenvalue weighted by Gasteiger charge is 2.35. The van der Waals surface area contributed by atoms with Gasteiger partial charge in [-0.25, -0.2) is 0 Å². The predicted octanol–water partition coefficient (Wildman–Crippen LogP) is 7.05. The molecule has 0 bridgehead atoms. The van der Waals surface area contributed by atoms with E-state index in [-0.39, 0.29) is 5.38 Å². The average molecular weight is 382 g/mol. The first-order valence-electron chi connectivity index (χ1n) is 7.24. The molecule has 4 atom stereocenters. The number of halogens is 3. The third-order valence-corrected chi connectivity index (χ3v) is 8.21. The Hall–Kier alpha value is 0.760. The van der Waals surface area contributed by atoms with Crippen molar-refractivity contribution in [3.05, 3.63) is 19.8 Å². The van der Waals surface area contributed by atoms with Crippen molar-refractivity contribution in [3.63, 3.8) is 0 Å². The van der Waals surface area contributed by atoms with Crippen LogP contribution in [0.5, 0.6) is 0 Å². The molecular formula is C15H19BrCl2S. The predicted molar refractivity (Wildman–Crippen MR) is 88.4 cm³/mol. The Kier molecular flexibility index (Phi) is 4.83. The number of fused-ring (bicyclic) bond motifs is 1. The van der Waals surface area contributed by atoms with E-state index in [9.17, 15) is 0 Å². The summed E-state index contributed by atoms with van der Waals surface area (Å²) < 4.78 is 1.01. The molecule has 0 aromatic carbocycles. The fourth-order valence-corrected chi connectivity index (χ4v) is 6.15. The first kappa shape index (κ1) is 14.7. The van der Waals surface area contributed by atoms with Crippen LogP contribution in [0, 0.1) is 17.8 Å². The lowest BCUT2D eigenvalue weighted by Gasteiger charge is -2.40. The van der Waals surface area contributed by atoms with Crippen LogP contribution >= 0.6 is 50.5 Å². The Balaban J connectivity index is 1.68. The molecule has 2 aliphatic carbocycles. The lowest BCUT2D eigenvalue weighted by atomic mass is 9.67. The van der Waals surface area contributed by atoms with Gasteiger partial charge in [0.25, 0.3) is 0 Å². The zero-order valence-corrected chi connectivity index (χ0v) is 14.8. The summed E-state index contributed by atoms with van der Waals surface area (Å²) in [4.78, 5) is 1.23. The van der Waals surface area contributed by atoms with E-state index in [1.165, 1.54) is 49.8 Å². The third-order valence-electron chi connectivity index (χ3n) is 4.93. The molecule has 0 N–H and O–H groups in total. The van der Waals surface area contributed by atoms with Gasteiger partial charge in [0.1, 0.15) is 0 Å². The SMILES string of the molecule is Clc1cc(C(Cl)C2CCC3CCCCC3C2)sc1Br. The van der Waals surface area contributed by atoms with Crippen LogP contribution in [0.2, 0.25) is 5.02 Å². The summed E-state index contributed by atoms with van der Waals surface area (Å²) in [6.07, 6.45) is 9.77. The molecule has 0 aliphatic heterocycles. The van der Waals surface area contributed by atoms with E-state index in [0.29, 0.717) is 5.92 Å². The van der Waals surface area contributed by atoms with Crippen LogP contribution in [-0.2, 0) is 0 Å². The minimum atomic E-state index is 0.150. The highest BCUT2D eigenvalue weighted by atomic mass is 79.9. The van der Waals surface area contributed by atoms with Crippen LogP contribution in [-0.4, -0.2) is 0 Å². The lowest BCUT2D eigenvalue weighted by Crippen LogP contribution is -2.29. The molecule has 0 spiro atoms. The molecule has 0 nitrogen and oxygen atoms in total. The van der Waals surface area contributed by atoms with Gasteiger partial charge in [-0.15, -0.1) is 22.9 Å². The van der Waals surface area contributed by atoms with Gasteiger partial charge < -0.3 is 0 Å². The zero-order valence-electron chi connectivity index (χ0n) is 10.9. The topological polar surface area (TPSA) is 0 Å². The van der Waals surface area contributed by atoms with E-state index in [4.69, 9.17) is 23.2 Å². The molecule has 19 heavy (non-hydrogen) atoms. The molecule has 4 unspecified atom stereocenters. The van der Waals surface area contributed by atoms with Gasteiger partial charge in [0, 0.05) is 4.88 Å². The maximum Gasteiger partial charge on any atom is 0.0887 e. The standard InChI is InChI=1S/C15H19BrCl2S/c16-15-12(17)8-13(19-15)14(18)11-6-5-9-3-1-2-4-10(9)7-11/h8-11,14H,1-7H2. The Morgan fingerprint density at radius 1 is 1.16 bits per heavy atom. The van der Waals surface area contributed by atoms with Crippen molar-refractivity contribution >= 4 is 50.5 Å². The Bertz CT molecular complexity index is 426. The van der Waals surface area contributed by atoms with Crippen LogP contribution in [0.1, 0.15) is 55.2 Å². The van der Waals surface area contributed by atoms with Crippen molar-refractivity contribution < 1.29 is 0 Å². The van der Waals surface area contributed by atoms with E-state index >= 15 is 0 Å². The largest absolute Gasteiger partial charge is 0.130 e. The van der Waals surface area contributed by atoms with Crippen molar-refractivity contribution in [1.82, 2.24) is 0 Å². The molecule has 1 aromatic heterocycles. The van der Waals surface area contributed by atoms with Gasteiger partial charge in [0.2, 0.25) is 0 Å². The molecule has 2 fully saturated rings. The highest BCUT2D eigenvalue weighted by molar-refractivity contribution is 9.11. The summed E-state index contributed by atoms with van der Waals surface area (Å²) in [6.45, 7) is 0. The van der Waals surface area contributed by atoms with Crippen LogP contribution in [0.4, 0.5) is 0 Å². The van der Waals surface area contributed by atoms with Gasteiger partial charge >= 0.3 is 0 Å². The monoisotopic (exact) mass is 380 g/mol. The number of hydrogen-bond donors (Lipinski definition) is 0. The maximum absolute atomic E-state index is 6.73. The van der Waals surface area contributed by atoms with Crippen molar-refractivity contribution in [3.8, 4) is 0 Å². The van der Waals surface area contributed by atoms with Crippen LogP contribution < -0.4 is 0 Å². The Morgan fingerprint density at radius 2 is 1.89 bits per heavy atom. The van der Waals surface area contributed by atoms with Crippen molar-refractivity contribution in [2.45, 2.75) is 50.3 Å². The van der Waals surface area contributed by atoms with Crippen LogP contribution in [0.25, 0.3) is 0 Å². The highest BCUT2D eigenvalue weighted by Crippen LogP contribution is 2.49. The number of hydrogen-bond acceptors (Lipinski definition) is 1. The fourth-order valence-electron chi connectivity index (χ4n) is 3.91. The summed E-state index contributed by atoms with van der Waals surface area (Å²) in [7, 11) is 0. The zero-order chi connectivity index (χ0) is 13.4. The van der Waals surface area contributed by atoms with E-state index in [2.05, 4.69) is 15.9 Å². The minimum absolute atomic E-state index is 0.150. The number of alkyl halides is 1. The number of rotatable bonds is 2. The molecule has 4 heteroatoms. The average Bonchev–Trinajstić information content (AvgIpc) is 2.77. The summed E-state index contributed by atoms with van der Waals surface area (Å²) in [5.41, 5.74) is 0. The van der Waals surface area contributed by atoms with Crippen molar-refractivity contribution in [2.75, 3.05) is 0 Å². The van der Waals surface area contributed by atoms with Crippen LogP contribution in [0.15, 0.2) is 9.85 Å². The summed E-state index contributed by atoms with van der Waals surface area (Å²) >= 11 is 18.1. The van der Waals surface area contributed by atoms with E-state index in [0.717, 1.165) is 20.6 Å². The first-order valence-corrected chi connectivity index (χ1v) is 9.66. The van der Waals surface area contributed by atoms with E-state index < -0.39 is 0 Å². The molecule has 1 heterocycles. The third kappa shape index (κ3) is 3.17. The molecule has 1 aromatic rings.